The first-order valence-corrected chi connectivity index (χ1v) is 3.74. The van der Waals surface area contributed by atoms with Crippen LogP contribution < -0.4 is 0 Å². The molecule has 0 aliphatic heterocycles. The summed E-state index contributed by atoms with van der Waals surface area (Å²) in [5.41, 5.74) is 1.83. The highest BCUT2D eigenvalue weighted by molar-refractivity contribution is 5.97. The van der Waals surface area contributed by atoms with Crippen molar-refractivity contribution in [3.8, 4) is 0 Å². The molecule has 1 heterocycles. The number of fused-ring (bicyclic) bond motifs is 1. The SMILES string of the molecule is CO[Si].c1ccc2n[nH]nc2c1. The Kier molecular flexibility index (Phi) is 3.43. The topological polar surface area (TPSA) is 50.8 Å². The Bertz CT molecular complexity index is 306. The van der Waals surface area contributed by atoms with Crippen molar-refractivity contribution in [2.24, 2.45) is 0 Å². The summed E-state index contributed by atoms with van der Waals surface area (Å²) in [4.78, 5) is 0. The van der Waals surface area contributed by atoms with Crippen LogP contribution in [0.5, 0.6) is 0 Å². The number of H-pyrrole nitrogens is 1. The average molecular weight is 178 g/mol. The summed E-state index contributed by atoms with van der Waals surface area (Å²) < 4.78 is 4.06. The lowest BCUT2D eigenvalue weighted by Gasteiger charge is -1.78. The molecule has 1 aromatic heterocycles. The van der Waals surface area contributed by atoms with Crippen LogP contribution >= 0.6 is 0 Å². The van der Waals surface area contributed by atoms with Gasteiger partial charge in [-0.25, -0.2) is 0 Å². The van der Waals surface area contributed by atoms with E-state index in [0.29, 0.717) is 0 Å². The Balaban J connectivity index is 0.000000213. The summed E-state index contributed by atoms with van der Waals surface area (Å²) in [7, 11) is 4.22. The number of hydrogen-bond donors (Lipinski definition) is 1. The molecule has 0 fully saturated rings. The first-order valence-electron chi connectivity index (χ1n) is 3.33. The highest BCUT2D eigenvalue weighted by atomic mass is 28.2. The molecule has 0 aliphatic rings. The molecule has 0 saturated heterocycles. The molecule has 1 aromatic carbocycles. The zero-order chi connectivity index (χ0) is 8.81. The van der Waals surface area contributed by atoms with E-state index < -0.39 is 0 Å². The van der Waals surface area contributed by atoms with Crippen molar-refractivity contribution in [1.82, 2.24) is 15.4 Å². The zero-order valence-corrected chi connectivity index (χ0v) is 7.61. The number of nitrogens with one attached hydrogen (secondary N) is 1. The molecule has 0 spiro atoms. The first kappa shape index (κ1) is 8.89. The van der Waals surface area contributed by atoms with Gasteiger partial charge in [-0.15, -0.1) is 0 Å². The lowest BCUT2D eigenvalue weighted by molar-refractivity contribution is 0.460. The summed E-state index contributed by atoms with van der Waals surface area (Å²) in [6.07, 6.45) is 0. The Hall–Kier alpha value is -1.20. The van der Waals surface area contributed by atoms with Crippen molar-refractivity contribution >= 4 is 21.5 Å². The molecule has 0 aliphatic carbocycles. The first-order chi connectivity index (χ1) is 5.88. The van der Waals surface area contributed by atoms with Gasteiger partial charge in [-0.2, -0.15) is 15.4 Å². The van der Waals surface area contributed by atoms with Gasteiger partial charge in [0.1, 0.15) is 11.0 Å². The number of aromatic amines is 1. The number of aromatic nitrogens is 3. The van der Waals surface area contributed by atoms with E-state index in [-0.39, 0.29) is 0 Å². The van der Waals surface area contributed by atoms with Crippen LogP contribution in [-0.4, -0.2) is 33.0 Å². The van der Waals surface area contributed by atoms with Gasteiger partial charge in [0, 0.05) is 7.11 Å². The van der Waals surface area contributed by atoms with Gasteiger partial charge in [0.25, 0.3) is 0 Å². The quantitative estimate of drug-likeness (QED) is 0.603. The Morgan fingerprint density at radius 1 is 1.25 bits per heavy atom. The van der Waals surface area contributed by atoms with Crippen LogP contribution in [-0.2, 0) is 4.43 Å². The van der Waals surface area contributed by atoms with Gasteiger partial charge < -0.3 is 4.43 Å². The highest BCUT2D eigenvalue weighted by Crippen LogP contribution is 2.03. The second kappa shape index (κ2) is 4.63. The summed E-state index contributed by atoms with van der Waals surface area (Å²) >= 11 is 0. The van der Waals surface area contributed by atoms with Crippen LogP contribution in [0.4, 0.5) is 0 Å². The molecule has 0 bridgehead atoms. The second-order valence-corrected chi connectivity index (χ2v) is 2.42. The van der Waals surface area contributed by atoms with Crippen LogP contribution in [0.3, 0.4) is 0 Å². The van der Waals surface area contributed by atoms with E-state index in [1.165, 1.54) is 7.11 Å². The smallest absolute Gasteiger partial charge is 0.245 e. The third-order valence-electron chi connectivity index (χ3n) is 1.22. The molecule has 2 aromatic rings. The summed E-state index contributed by atoms with van der Waals surface area (Å²) in [6, 6.07) is 7.70. The molecule has 0 saturated carbocycles. The fraction of sp³-hybridized carbons (Fsp3) is 0.143. The third kappa shape index (κ3) is 2.14. The molecule has 0 unspecified atom stereocenters. The summed E-state index contributed by atoms with van der Waals surface area (Å²) in [5.74, 6) is 0. The molecule has 4 nitrogen and oxygen atoms in total. The zero-order valence-electron chi connectivity index (χ0n) is 6.61. The molecule has 12 heavy (non-hydrogen) atoms. The largest absolute Gasteiger partial charge is 0.422 e. The van der Waals surface area contributed by atoms with Crippen molar-refractivity contribution in [3.63, 3.8) is 0 Å². The normalized spacial score (nSPS) is 9.17. The van der Waals surface area contributed by atoms with Crippen LogP contribution in [0.25, 0.3) is 11.0 Å². The predicted octanol–water partition coefficient (Wildman–Crippen LogP) is 0.674. The molecule has 0 atom stereocenters. The lowest BCUT2D eigenvalue weighted by atomic mass is 10.3. The predicted molar refractivity (Wildman–Crippen MR) is 46.7 cm³/mol. The van der Waals surface area contributed by atoms with Crippen LogP contribution in [0.15, 0.2) is 24.3 Å². The molecule has 1 N–H and O–H groups in total. The van der Waals surface area contributed by atoms with Crippen LogP contribution in [0, 0.1) is 0 Å². The highest BCUT2D eigenvalue weighted by Gasteiger charge is 1.90. The Morgan fingerprint density at radius 3 is 2.08 bits per heavy atom. The maximum Gasteiger partial charge on any atom is 0.245 e. The van der Waals surface area contributed by atoms with Gasteiger partial charge in [0.15, 0.2) is 0 Å². The van der Waals surface area contributed by atoms with Gasteiger partial charge >= 0.3 is 0 Å². The number of rotatable bonds is 0. The summed E-state index contributed by atoms with van der Waals surface area (Å²) in [6.45, 7) is 0. The minimum absolute atomic E-state index is 0.914. The van der Waals surface area contributed by atoms with E-state index in [9.17, 15) is 0 Å². The second-order valence-electron chi connectivity index (χ2n) is 2.02. The molecule has 61 valence electrons. The van der Waals surface area contributed by atoms with Crippen LogP contribution in [0.1, 0.15) is 0 Å². The Morgan fingerprint density at radius 2 is 1.67 bits per heavy atom. The molecule has 2 rings (SSSR count). The Labute approximate surface area is 73.5 Å². The fourth-order valence-electron chi connectivity index (χ4n) is 0.786. The van der Waals surface area contributed by atoms with E-state index in [4.69, 9.17) is 0 Å². The van der Waals surface area contributed by atoms with Gasteiger partial charge in [-0.05, 0) is 12.1 Å². The lowest BCUT2D eigenvalue weighted by Crippen LogP contribution is -1.63. The maximum absolute atomic E-state index is 4.06. The average Bonchev–Trinajstić information content (AvgIpc) is 2.52. The third-order valence-corrected chi connectivity index (χ3v) is 1.22. The molecular weight excluding hydrogens is 170 g/mol. The standard InChI is InChI=1S/C6H5N3.CH3OSi/c1-2-4-6-5(3-1)7-9-8-6;1-2-3/h1-4H,(H,7,8,9);1H3. The van der Waals surface area contributed by atoms with Gasteiger partial charge in [-0.3, -0.25) is 0 Å². The van der Waals surface area contributed by atoms with Gasteiger partial charge in [0.2, 0.25) is 10.5 Å². The maximum atomic E-state index is 4.06. The number of para-hydroxylation sites is 2. The van der Waals surface area contributed by atoms with Crippen molar-refractivity contribution in [2.45, 2.75) is 0 Å². The van der Waals surface area contributed by atoms with E-state index in [1.807, 2.05) is 24.3 Å². The number of benzene rings is 1. The van der Waals surface area contributed by atoms with Crippen molar-refractivity contribution < 1.29 is 4.43 Å². The fourth-order valence-corrected chi connectivity index (χ4v) is 0.786. The van der Waals surface area contributed by atoms with E-state index >= 15 is 0 Å². The molecule has 5 heteroatoms. The van der Waals surface area contributed by atoms with Gasteiger partial charge in [-0.1, -0.05) is 12.1 Å². The summed E-state index contributed by atoms with van der Waals surface area (Å²) in [5, 5.41) is 10.3. The van der Waals surface area contributed by atoms with Crippen LogP contribution in [0.2, 0.25) is 0 Å². The number of hydrogen-bond acceptors (Lipinski definition) is 3. The van der Waals surface area contributed by atoms with Crippen molar-refractivity contribution in [2.75, 3.05) is 7.11 Å². The van der Waals surface area contributed by atoms with E-state index in [1.54, 1.807) is 0 Å². The minimum Gasteiger partial charge on any atom is -0.422 e. The van der Waals surface area contributed by atoms with E-state index in [2.05, 4.69) is 30.3 Å². The molecular formula is C7H8N3OSi. The molecule has 0 amide bonds. The van der Waals surface area contributed by atoms with Crippen molar-refractivity contribution in [1.29, 1.82) is 0 Å². The number of nitrogens with zero attached hydrogens (tertiary/aromatic N) is 2. The van der Waals surface area contributed by atoms with Gasteiger partial charge in [0.05, 0.1) is 0 Å². The monoisotopic (exact) mass is 178 g/mol. The van der Waals surface area contributed by atoms with Crippen molar-refractivity contribution in [3.05, 3.63) is 24.3 Å². The minimum atomic E-state index is 0.914. The molecule has 3 radical (unpaired) electrons. The van der Waals surface area contributed by atoms with E-state index in [0.717, 1.165) is 11.0 Å².